The van der Waals surface area contributed by atoms with Gasteiger partial charge in [0.2, 0.25) is 0 Å². The Kier molecular flexibility index (Phi) is 10.3. The molecule has 0 saturated carbocycles. The Morgan fingerprint density at radius 1 is 1.17 bits per heavy atom. The van der Waals surface area contributed by atoms with E-state index in [-0.39, 0.29) is 24.0 Å². The second-order valence-corrected chi connectivity index (χ2v) is 6.14. The van der Waals surface area contributed by atoms with E-state index in [0.717, 1.165) is 38.1 Å². The van der Waals surface area contributed by atoms with E-state index >= 15 is 0 Å². The smallest absolute Gasteiger partial charge is 0.191 e. The summed E-state index contributed by atoms with van der Waals surface area (Å²) >= 11 is 0. The summed E-state index contributed by atoms with van der Waals surface area (Å²) in [5.41, 5.74) is 0. The SMILES string of the molecule is CCNC(=NCCC1CCN(C)CC1)NCCn1cccc1.I. The van der Waals surface area contributed by atoms with Gasteiger partial charge < -0.3 is 20.1 Å². The summed E-state index contributed by atoms with van der Waals surface area (Å²) in [7, 11) is 2.21. The van der Waals surface area contributed by atoms with Gasteiger partial charge in [-0.1, -0.05) is 0 Å². The molecule has 1 fully saturated rings. The first kappa shape index (κ1) is 20.3. The second-order valence-electron chi connectivity index (χ2n) is 6.14. The number of guanidine groups is 1. The molecule has 1 aromatic heterocycles. The number of nitrogens with zero attached hydrogens (tertiary/aromatic N) is 3. The first-order chi connectivity index (χ1) is 10.8. The van der Waals surface area contributed by atoms with Crippen molar-refractivity contribution in [2.45, 2.75) is 32.7 Å². The first-order valence-corrected chi connectivity index (χ1v) is 8.59. The highest BCUT2D eigenvalue weighted by atomic mass is 127. The number of nitrogens with one attached hydrogen (secondary N) is 2. The number of halogens is 1. The Morgan fingerprint density at radius 2 is 1.87 bits per heavy atom. The summed E-state index contributed by atoms with van der Waals surface area (Å²) in [6.45, 7) is 8.28. The van der Waals surface area contributed by atoms with E-state index in [1.807, 2.05) is 0 Å². The molecule has 1 aliphatic rings. The number of rotatable bonds is 7. The number of piperidine rings is 1. The highest BCUT2D eigenvalue weighted by molar-refractivity contribution is 14.0. The third-order valence-electron chi connectivity index (χ3n) is 4.32. The molecule has 2 rings (SSSR count). The van der Waals surface area contributed by atoms with Crippen molar-refractivity contribution in [2.75, 3.05) is 39.8 Å². The van der Waals surface area contributed by atoms with E-state index in [1.165, 1.54) is 32.4 Å². The van der Waals surface area contributed by atoms with Gasteiger partial charge in [-0.3, -0.25) is 4.99 Å². The van der Waals surface area contributed by atoms with Crippen molar-refractivity contribution in [3.05, 3.63) is 24.5 Å². The average Bonchev–Trinajstić information content (AvgIpc) is 3.02. The molecule has 0 amide bonds. The van der Waals surface area contributed by atoms with E-state index in [0.29, 0.717) is 0 Å². The van der Waals surface area contributed by atoms with Crippen LogP contribution in [0.2, 0.25) is 0 Å². The Hall–Kier alpha value is -0.760. The number of hydrogen-bond donors (Lipinski definition) is 2. The van der Waals surface area contributed by atoms with Gasteiger partial charge in [0.1, 0.15) is 0 Å². The van der Waals surface area contributed by atoms with Gasteiger partial charge in [0.05, 0.1) is 0 Å². The van der Waals surface area contributed by atoms with Gasteiger partial charge in [0.15, 0.2) is 5.96 Å². The van der Waals surface area contributed by atoms with Crippen molar-refractivity contribution in [1.29, 1.82) is 0 Å². The fourth-order valence-electron chi connectivity index (χ4n) is 2.87. The van der Waals surface area contributed by atoms with E-state index in [9.17, 15) is 0 Å². The molecule has 0 aliphatic carbocycles. The maximum absolute atomic E-state index is 4.72. The fourth-order valence-corrected chi connectivity index (χ4v) is 2.87. The third-order valence-corrected chi connectivity index (χ3v) is 4.32. The molecule has 2 N–H and O–H groups in total. The molecule has 132 valence electrons. The minimum absolute atomic E-state index is 0. The Bertz CT molecular complexity index is 424. The Labute approximate surface area is 157 Å². The van der Waals surface area contributed by atoms with Crippen molar-refractivity contribution >= 4 is 29.9 Å². The van der Waals surface area contributed by atoms with Crippen LogP contribution < -0.4 is 10.6 Å². The molecule has 0 unspecified atom stereocenters. The topological polar surface area (TPSA) is 44.6 Å². The summed E-state index contributed by atoms with van der Waals surface area (Å²) < 4.78 is 2.18. The molecule has 6 heteroatoms. The van der Waals surface area contributed by atoms with Gasteiger partial charge in [-0.05, 0) is 64.4 Å². The first-order valence-electron chi connectivity index (χ1n) is 8.59. The molecule has 1 aliphatic heterocycles. The molecular formula is C17H32IN5. The van der Waals surface area contributed by atoms with Crippen LogP contribution in [0.15, 0.2) is 29.5 Å². The van der Waals surface area contributed by atoms with Gasteiger partial charge in [0, 0.05) is 38.6 Å². The van der Waals surface area contributed by atoms with Gasteiger partial charge in [-0.25, -0.2) is 0 Å². The molecule has 1 aromatic rings. The highest BCUT2D eigenvalue weighted by Crippen LogP contribution is 2.19. The number of aliphatic imine (C=N–C) groups is 1. The monoisotopic (exact) mass is 433 g/mol. The summed E-state index contributed by atoms with van der Waals surface area (Å²) in [6.07, 6.45) is 8.03. The van der Waals surface area contributed by atoms with Crippen LogP contribution in [-0.2, 0) is 6.54 Å². The minimum atomic E-state index is 0. The molecule has 0 radical (unpaired) electrons. The van der Waals surface area contributed by atoms with Crippen LogP contribution >= 0.6 is 24.0 Å². The molecule has 0 aromatic carbocycles. The predicted octanol–water partition coefficient (Wildman–Crippen LogP) is 2.39. The second kappa shape index (κ2) is 11.7. The number of aromatic nitrogens is 1. The average molecular weight is 433 g/mol. The minimum Gasteiger partial charge on any atom is -0.357 e. The van der Waals surface area contributed by atoms with Crippen LogP contribution in [0.25, 0.3) is 0 Å². The molecule has 2 heterocycles. The maximum atomic E-state index is 4.72. The van der Waals surface area contributed by atoms with E-state index in [1.54, 1.807) is 0 Å². The van der Waals surface area contributed by atoms with Crippen LogP contribution in [0.1, 0.15) is 26.2 Å². The molecule has 23 heavy (non-hydrogen) atoms. The van der Waals surface area contributed by atoms with Crippen LogP contribution in [0.5, 0.6) is 0 Å². The van der Waals surface area contributed by atoms with E-state index in [4.69, 9.17) is 4.99 Å². The van der Waals surface area contributed by atoms with Crippen molar-refractivity contribution in [3.8, 4) is 0 Å². The molecule has 0 atom stereocenters. The van der Waals surface area contributed by atoms with Crippen LogP contribution in [0.3, 0.4) is 0 Å². The largest absolute Gasteiger partial charge is 0.357 e. The quantitative estimate of drug-likeness (QED) is 0.395. The lowest BCUT2D eigenvalue weighted by atomic mass is 9.94. The summed E-state index contributed by atoms with van der Waals surface area (Å²) in [5, 5.41) is 6.74. The van der Waals surface area contributed by atoms with Crippen molar-refractivity contribution in [3.63, 3.8) is 0 Å². The van der Waals surface area contributed by atoms with Crippen molar-refractivity contribution < 1.29 is 0 Å². The Morgan fingerprint density at radius 3 is 2.52 bits per heavy atom. The molecule has 1 saturated heterocycles. The maximum Gasteiger partial charge on any atom is 0.191 e. The Balaban J connectivity index is 0.00000264. The van der Waals surface area contributed by atoms with E-state index < -0.39 is 0 Å². The van der Waals surface area contributed by atoms with Crippen LogP contribution in [0.4, 0.5) is 0 Å². The van der Waals surface area contributed by atoms with Gasteiger partial charge in [0.25, 0.3) is 0 Å². The fraction of sp³-hybridized carbons (Fsp3) is 0.706. The zero-order chi connectivity index (χ0) is 15.6. The zero-order valence-corrected chi connectivity index (χ0v) is 16.8. The molecule has 5 nitrogen and oxygen atoms in total. The van der Waals surface area contributed by atoms with Crippen LogP contribution in [0, 0.1) is 5.92 Å². The summed E-state index contributed by atoms with van der Waals surface area (Å²) in [6, 6.07) is 4.11. The highest BCUT2D eigenvalue weighted by Gasteiger charge is 2.15. The predicted molar refractivity (Wildman–Crippen MR) is 109 cm³/mol. The van der Waals surface area contributed by atoms with E-state index in [2.05, 4.69) is 58.6 Å². The molecule has 0 spiro atoms. The molecular weight excluding hydrogens is 401 g/mol. The van der Waals surface area contributed by atoms with Crippen molar-refractivity contribution in [1.82, 2.24) is 20.1 Å². The third kappa shape index (κ3) is 8.06. The van der Waals surface area contributed by atoms with Crippen molar-refractivity contribution in [2.24, 2.45) is 10.9 Å². The number of hydrogen-bond acceptors (Lipinski definition) is 2. The van der Waals surface area contributed by atoms with Gasteiger partial charge in [-0.15, -0.1) is 24.0 Å². The zero-order valence-electron chi connectivity index (χ0n) is 14.5. The lowest BCUT2D eigenvalue weighted by molar-refractivity contribution is 0.214. The summed E-state index contributed by atoms with van der Waals surface area (Å²) in [4.78, 5) is 7.14. The standard InChI is InChI=1S/C17H31N5.HI/c1-3-18-17(20-10-15-22-11-4-5-12-22)19-9-6-16-7-13-21(2)14-8-16;/h4-5,11-12,16H,3,6-10,13-15H2,1-2H3,(H2,18,19,20);1H. The normalized spacial score (nSPS) is 16.9. The number of likely N-dealkylation sites (tertiary alicyclic amines) is 1. The van der Waals surface area contributed by atoms with Gasteiger partial charge in [-0.2, -0.15) is 0 Å². The molecule has 0 bridgehead atoms. The lowest BCUT2D eigenvalue weighted by Crippen LogP contribution is -2.39. The van der Waals surface area contributed by atoms with Gasteiger partial charge >= 0.3 is 0 Å². The lowest BCUT2D eigenvalue weighted by Gasteiger charge is -2.28. The summed E-state index contributed by atoms with van der Waals surface area (Å²) in [5.74, 6) is 1.80. The van der Waals surface area contributed by atoms with Crippen LogP contribution in [-0.4, -0.2) is 55.2 Å².